The molecule has 1 heterocycles. The maximum atomic E-state index is 13.3. The minimum absolute atomic E-state index is 0.219. The summed E-state index contributed by atoms with van der Waals surface area (Å²) in [6, 6.07) is 0.907. The van der Waals surface area contributed by atoms with Gasteiger partial charge in [-0.2, -0.15) is 26.3 Å². The number of amides is 1. The number of hydrogen-bond donors (Lipinski definition) is 3. The van der Waals surface area contributed by atoms with E-state index in [0.717, 1.165) is 7.11 Å². The zero-order valence-electron chi connectivity index (χ0n) is 17.9. The molecule has 0 fully saturated rings. The fourth-order valence-corrected chi connectivity index (χ4v) is 4.30. The van der Waals surface area contributed by atoms with E-state index in [1.807, 2.05) is 0 Å². The summed E-state index contributed by atoms with van der Waals surface area (Å²) in [6.07, 6.45) is -12.4. The highest BCUT2D eigenvalue weighted by molar-refractivity contribution is 7.17. The summed E-state index contributed by atoms with van der Waals surface area (Å²) in [5, 5.41) is 19.2. The van der Waals surface area contributed by atoms with Gasteiger partial charge in [-0.25, -0.2) is 9.78 Å². The fraction of sp³-hybridized carbons (Fsp3) is 0.421. The number of alkyl halides is 6. The molecule has 0 saturated carbocycles. The van der Waals surface area contributed by atoms with Crippen LogP contribution in [0.4, 0.5) is 26.3 Å². The summed E-state index contributed by atoms with van der Waals surface area (Å²) in [6.45, 7) is 2.57. The fourth-order valence-electron chi connectivity index (χ4n) is 2.68. The van der Waals surface area contributed by atoms with Crippen molar-refractivity contribution in [1.82, 2.24) is 10.3 Å². The minimum Gasteiger partial charge on any atom is -0.464 e. The smallest absolute Gasteiger partial charge is 0.430 e. The maximum absolute atomic E-state index is 13.3. The molecular formula is C19H16Cl2F6N2O5S. The van der Waals surface area contributed by atoms with E-state index in [1.165, 1.54) is 13.8 Å². The number of carbonyl (C=O) groups excluding carboxylic acids is 2. The summed E-state index contributed by atoms with van der Waals surface area (Å²) in [4.78, 5) is 28.1. The first-order valence-corrected chi connectivity index (χ1v) is 10.8. The van der Waals surface area contributed by atoms with Gasteiger partial charge in [0.1, 0.15) is 0 Å². The lowest BCUT2D eigenvalue weighted by molar-refractivity contribution is -0.376. The maximum Gasteiger partial charge on any atom is 0.430 e. The molecule has 0 unspecified atom stereocenters. The van der Waals surface area contributed by atoms with Crippen LogP contribution in [0, 0.1) is 0 Å². The molecule has 0 saturated heterocycles. The van der Waals surface area contributed by atoms with E-state index in [-0.39, 0.29) is 28.1 Å². The monoisotopic (exact) mass is 568 g/mol. The number of benzene rings is 1. The van der Waals surface area contributed by atoms with Crippen LogP contribution in [0.3, 0.4) is 0 Å². The van der Waals surface area contributed by atoms with Crippen LogP contribution in [0.25, 0.3) is 10.4 Å². The third kappa shape index (κ3) is 5.66. The second-order valence-corrected chi connectivity index (χ2v) is 9.43. The molecule has 16 heteroatoms. The Balaban J connectivity index is 2.69. The van der Waals surface area contributed by atoms with Crippen LogP contribution in [0.15, 0.2) is 12.1 Å². The lowest BCUT2D eigenvalue weighted by Crippen LogP contribution is -2.54. The second kappa shape index (κ2) is 9.73. The predicted octanol–water partition coefficient (Wildman–Crippen LogP) is 4.72. The van der Waals surface area contributed by atoms with Crippen molar-refractivity contribution in [3.05, 3.63) is 38.4 Å². The zero-order valence-corrected chi connectivity index (χ0v) is 20.2. The number of esters is 1. The van der Waals surface area contributed by atoms with Gasteiger partial charge in [0.05, 0.1) is 27.6 Å². The quantitative estimate of drug-likeness (QED) is 0.344. The summed E-state index contributed by atoms with van der Waals surface area (Å²) in [5.41, 5.74) is -9.33. The lowest BCUT2D eigenvalue weighted by atomic mass is 9.91. The Labute approximate surface area is 207 Å². The largest absolute Gasteiger partial charge is 0.464 e. The normalized spacial score (nSPS) is 13.1. The molecule has 35 heavy (non-hydrogen) atoms. The topological polar surface area (TPSA) is 109 Å². The number of aliphatic hydroxyl groups is 2. The van der Waals surface area contributed by atoms with E-state index in [0.29, 0.717) is 17.4 Å². The second-order valence-electron chi connectivity index (χ2n) is 7.68. The average Bonchev–Trinajstić information content (AvgIpc) is 3.15. The number of carbonyl (C=O) groups is 2. The zero-order chi connectivity index (χ0) is 27.1. The van der Waals surface area contributed by atoms with Gasteiger partial charge in [-0.15, -0.1) is 11.3 Å². The molecule has 0 spiro atoms. The molecule has 1 amide bonds. The molecule has 1 aromatic heterocycles. The van der Waals surface area contributed by atoms with Crippen LogP contribution < -0.4 is 5.32 Å². The van der Waals surface area contributed by atoms with E-state index in [1.54, 1.807) is 0 Å². The van der Waals surface area contributed by atoms with Gasteiger partial charge in [0.2, 0.25) is 0 Å². The van der Waals surface area contributed by atoms with Crippen molar-refractivity contribution in [1.29, 1.82) is 0 Å². The van der Waals surface area contributed by atoms with E-state index in [4.69, 9.17) is 23.2 Å². The Morgan fingerprint density at radius 3 is 2.06 bits per heavy atom. The molecule has 0 aliphatic carbocycles. The summed E-state index contributed by atoms with van der Waals surface area (Å²) in [7, 11) is 0.962. The summed E-state index contributed by atoms with van der Waals surface area (Å²) < 4.78 is 84.3. The van der Waals surface area contributed by atoms with Crippen LogP contribution in [-0.2, 0) is 10.3 Å². The SMILES string of the molecule is COC(=O)c1nc(C(=O)NCC(C)(C)O)sc1-c1ccc(C(O)(C(F)(F)F)C(F)(F)F)c(Cl)c1Cl. The van der Waals surface area contributed by atoms with E-state index < -0.39 is 56.7 Å². The Kier molecular flexibility index (Phi) is 8.09. The van der Waals surface area contributed by atoms with Crippen molar-refractivity contribution >= 4 is 46.4 Å². The van der Waals surface area contributed by atoms with Crippen LogP contribution in [0.2, 0.25) is 10.0 Å². The van der Waals surface area contributed by atoms with Crippen LogP contribution in [-0.4, -0.2) is 58.7 Å². The summed E-state index contributed by atoms with van der Waals surface area (Å²) >= 11 is 12.2. The van der Waals surface area contributed by atoms with Gasteiger partial charge in [0.15, 0.2) is 10.7 Å². The summed E-state index contributed by atoms with van der Waals surface area (Å²) in [5.74, 6) is -1.95. The Hall–Kier alpha value is -2.13. The number of thiazole rings is 1. The van der Waals surface area contributed by atoms with Crippen LogP contribution in [0.1, 0.15) is 39.7 Å². The number of aromatic nitrogens is 1. The van der Waals surface area contributed by atoms with Crippen molar-refractivity contribution < 1.29 is 50.9 Å². The highest BCUT2D eigenvalue weighted by Gasteiger charge is 2.72. The highest BCUT2D eigenvalue weighted by Crippen LogP contribution is 2.54. The Morgan fingerprint density at radius 1 is 1.06 bits per heavy atom. The number of nitrogens with one attached hydrogen (secondary N) is 1. The lowest BCUT2D eigenvalue weighted by Gasteiger charge is -2.33. The molecule has 2 aromatic rings. The van der Waals surface area contributed by atoms with E-state index >= 15 is 0 Å². The first-order valence-electron chi connectivity index (χ1n) is 9.20. The first-order chi connectivity index (χ1) is 15.8. The molecule has 3 N–H and O–H groups in total. The molecular weight excluding hydrogens is 553 g/mol. The number of ether oxygens (including phenoxy) is 1. The Morgan fingerprint density at radius 2 is 1.60 bits per heavy atom. The number of halogens is 8. The Bertz CT molecular complexity index is 1130. The number of methoxy groups -OCH3 is 1. The van der Waals surface area contributed by atoms with Crippen molar-refractivity contribution in [2.45, 2.75) is 37.4 Å². The van der Waals surface area contributed by atoms with Crippen molar-refractivity contribution in [3.63, 3.8) is 0 Å². The first kappa shape index (κ1) is 29.1. The highest BCUT2D eigenvalue weighted by atomic mass is 35.5. The van der Waals surface area contributed by atoms with Gasteiger partial charge < -0.3 is 20.3 Å². The molecule has 7 nitrogen and oxygen atoms in total. The molecule has 0 aliphatic heterocycles. The molecule has 0 atom stereocenters. The number of nitrogens with zero attached hydrogens (tertiary/aromatic N) is 1. The van der Waals surface area contributed by atoms with Gasteiger partial charge in [-0.1, -0.05) is 35.3 Å². The number of rotatable bonds is 6. The molecule has 0 radical (unpaired) electrons. The van der Waals surface area contributed by atoms with Crippen LogP contribution in [0.5, 0.6) is 0 Å². The minimum atomic E-state index is -6.22. The van der Waals surface area contributed by atoms with E-state index in [9.17, 15) is 46.1 Å². The molecule has 1 aromatic carbocycles. The van der Waals surface area contributed by atoms with Gasteiger partial charge in [-0.05, 0) is 13.8 Å². The molecule has 0 bridgehead atoms. The molecule has 0 aliphatic rings. The molecule has 194 valence electrons. The van der Waals surface area contributed by atoms with Gasteiger partial charge in [0, 0.05) is 17.7 Å². The average molecular weight is 569 g/mol. The van der Waals surface area contributed by atoms with Crippen molar-refractivity contribution in [2.24, 2.45) is 0 Å². The van der Waals surface area contributed by atoms with Crippen molar-refractivity contribution in [2.75, 3.05) is 13.7 Å². The van der Waals surface area contributed by atoms with Gasteiger partial charge in [-0.3, -0.25) is 4.79 Å². The third-order valence-corrected chi connectivity index (χ3v) is 6.39. The standard InChI is InChI=1S/C19H16Cl2F6N2O5S/c1-16(2,32)6-28-13(30)14-29-11(15(31)34-3)12(35-14)7-4-5-8(10(21)9(7)20)17(33,18(22,23)24)19(25,26)27/h4-5,32-33H,6H2,1-3H3,(H,28,30). The van der Waals surface area contributed by atoms with E-state index in [2.05, 4.69) is 15.0 Å². The predicted molar refractivity (Wildman–Crippen MR) is 114 cm³/mol. The number of hydrogen-bond acceptors (Lipinski definition) is 7. The van der Waals surface area contributed by atoms with Gasteiger partial charge in [0.25, 0.3) is 11.5 Å². The van der Waals surface area contributed by atoms with Crippen LogP contribution >= 0.6 is 34.5 Å². The third-order valence-electron chi connectivity index (χ3n) is 4.42. The van der Waals surface area contributed by atoms with Gasteiger partial charge >= 0.3 is 18.3 Å². The van der Waals surface area contributed by atoms with Crippen molar-refractivity contribution in [3.8, 4) is 10.4 Å². The molecule has 2 rings (SSSR count).